The molecule has 86 valence electrons. The number of halogens is 1. The molecule has 0 aliphatic heterocycles. The first-order valence-corrected chi connectivity index (χ1v) is 7.27. The molecule has 1 rings (SSSR count). The minimum Gasteiger partial charge on any atom is -0.323 e. The average Bonchev–Trinajstić information content (AvgIpc) is 2.54. The van der Waals surface area contributed by atoms with Crippen LogP contribution in [0.1, 0.15) is 55.5 Å². The number of hydrogen-bond acceptors (Lipinski definition) is 2. The van der Waals surface area contributed by atoms with E-state index in [0.717, 1.165) is 6.42 Å². The third kappa shape index (κ3) is 4.25. The molecule has 1 aromatic heterocycles. The van der Waals surface area contributed by atoms with Gasteiger partial charge in [0.1, 0.15) is 0 Å². The lowest BCUT2D eigenvalue weighted by atomic mass is 10.1. The molecule has 0 saturated carbocycles. The predicted molar refractivity (Wildman–Crippen MR) is 72.4 cm³/mol. The van der Waals surface area contributed by atoms with Gasteiger partial charge in [-0.25, -0.2) is 0 Å². The summed E-state index contributed by atoms with van der Waals surface area (Å²) in [6.45, 7) is 4.35. The molecule has 0 radical (unpaired) electrons. The molecule has 0 aliphatic carbocycles. The van der Waals surface area contributed by atoms with Crippen molar-refractivity contribution in [2.75, 3.05) is 0 Å². The molecule has 0 spiro atoms. The second-order valence-electron chi connectivity index (χ2n) is 4.06. The third-order valence-corrected chi connectivity index (χ3v) is 4.88. The van der Waals surface area contributed by atoms with Crippen molar-refractivity contribution in [1.82, 2.24) is 0 Å². The van der Waals surface area contributed by atoms with E-state index >= 15 is 0 Å². The van der Waals surface area contributed by atoms with E-state index in [4.69, 9.17) is 5.73 Å². The molecule has 1 unspecified atom stereocenters. The number of nitrogens with two attached hydrogens (primary N) is 1. The van der Waals surface area contributed by atoms with Crippen molar-refractivity contribution in [3.63, 3.8) is 0 Å². The van der Waals surface area contributed by atoms with Gasteiger partial charge in [0.15, 0.2) is 0 Å². The van der Waals surface area contributed by atoms with Gasteiger partial charge in [-0.1, -0.05) is 32.6 Å². The van der Waals surface area contributed by atoms with E-state index in [-0.39, 0.29) is 6.04 Å². The lowest BCUT2D eigenvalue weighted by Gasteiger charge is -2.08. The Morgan fingerprint density at radius 3 is 2.67 bits per heavy atom. The first-order chi connectivity index (χ1) is 7.15. The lowest BCUT2D eigenvalue weighted by molar-refractivity contribution is 0.571. The minimum absolute atomic E-state index is 0.233. The Balaban J connectivity index is 2.36. The van der Waals surface area contributed by atoms with E-state index in [1.807, 2.05) is 0 Å². The zero-order chi connectivity index (χ0) is 11.3. The van der Waals surface area contributed by atoms with Crippen LogP contribution in [0, 0.1) is 6.92 Å². The summed E-state index contributed by atoms with van der Waals surface area (Å²) in [6.07, 6.45) is 6.31. The highest BCUT2D eigenvalue weighted by atomic mass is 79.9. The third-order valence-electron chi connectivity index (χ3n) is 2.61. The van der Waals surface area contributed by atoms with Gasteiger partial charge in [-0.3, -0.25) is 0 Å². The Morgan fingerprint density at radius 2 is 2.13 bits per heavy atom. The molecule has 2 N–H and O–H groups in total. The monoisotopic (exact) mass is 289 g/mol. The fourth-order valence-electron chi connectivity index (χ4n) is 1.60. The van der Waals surface area contributed by atoms with Crippen LogP contribution >= 0.6 is 27.3 Å². The maximum Gasteiger partial charge on any atom is 0.0731 e. The van der Waals surface area contributed by atoms with Gasteiger partial charge in [0, 0.05) is 10.9 Å². The van der Waals surface area contributed by atoms with Crippen molar-refractivity contribution in [2.24, 2.45) is 5.73 Å². The van der Waals surface area contributed by atoms with Crippen molar-refractivity contribution in [3.8, 4) is 0 Å². The highest BCUT2D eigenvalue weighted by Crippen LogP contribution is 2.32. The fourth-order valence-corrected chi connectivity index (χ4v) is 3.21. The summed E-state index contributed by atoms with van der Waals surface area (Å²) in [5.74, 6) is 0. The first-order valence-electron chi connectivity index (χ1n) is 5.66. The van der Waals surface area contributed by atoms with Gasteiger partial charge < -0.3 is 5.73 Å². The van der Waals surface area contributed by atoms with Gasteiger partial charge in [-0.2, -0.15) is 0 Å². The van der Waals surface area contributed by atoms with Crippen LogP contribution in [0.2, 0.25) is 0 Å². The summed E-state index contributed by atoms with van der Waals surface area (Å²) < 4.78 is 1.22. The van der Waals surface area contributed by atoms with Crippen LogP contribution in [0.25, 0.3) is 0 Å². The molecular weight excluding hydrogens is 270 g/mol. The van der Waals surface area contributed by atoms with E-state index in [9.17, 15) is 0 Å². The van der Waals surface area contributed by atoms with Crippen molar-refractivity contribution < 1.29 is 0 Å². The molecule has 1 heterocycles. The standard InChI is InChI=1S/C12H20BrNS/c1-3-4-5-6-7-10(14)11-8-9(2)12(13)15-11/h8,10H,3-7,14H2,1-2H3. The molecule has 1 atom stereocenters. The molecule has 0 fully saturated rings. The van der Waals surface area contributed by atoms with Crippen molar-refractivity contribution in [2.45, 2.75) is 52.0 Å². The van der Waals surface area contributed by atoms with Gasteiger partial charge in [0.25, 0.3) is 0 Å². The molecular formula is C12H20BrNS. The zero-order valence-electron chi connectivity index (χ0n) is 9.55. The number of rotatable bonds is 6. The Kier molecular flexibility index (Phi) is 5.87. The Hall–Kier alpha value is 0.140. The van der Waals surface area contributed by atoms with Gasteiger partial charge in [-0.05, 0) is 40.9 Å². The van der Waals surface area contributed by atoms with Crippen LogP contribution in [0.15, 0.2) is 9.85 Å². The highest BCUT2D eigenvalue weighted by Gasteiger charge is 2.10. The summed E-state index contributed by atoms with van der Waals surface area (Å²) in [7, 11) is 0. The second-order valence-corrected chi connectivity index (χ2v) is 6.46. The highest BCUT2D eigenvalue weighted by molar-refractivity contribution is 9.11. The number of thiophene rings is 1. The SMILES string of the molecule is CCCCCCC(N)c1cc(C)c(Br)s1. The van der Waals surface area contributed by atoms with Crippen LogP contribution in [0.3, 0.4) is 0 Å². The predicted octanol–water partition coefficient (Wildman–Crippen LogP) is 4.79. The van der Waals surface area contributed by atoms with Crippen LogP contribution in [-0.2, 0) is 0 Å². The lowest BCUT2D eigenvalue weighted by Crippen LogP contribution is -2.08. The Labute approximate surface area is 105 Å². The summed E-state index contributed by atoms with van der Waals surface area (Å²) in [6, 6.07) is 2.44. The van der Waals surface area contributed by atoms with E-state index in [2.05, 4.69) is 35.8 Å². The van der Waals surface area contributed by atoms with E-state index in [1.54, 1.807) is 11.3 Å². The number of hydrogen-bond donors (Lipinski definition) is 1. The molecule has 0 aromatic carbocycles. The van der Waals surface area contributed by atoms with Crippen LogP contribution in [0.5, 0.6) is 0 Å². The van der Waals surface area contributed by atoms with E-state index < -0.39 is 0 Å². The van der Waals surface area contributed by atoms with E-state index in [1.165, 1.54) is 39.9 Å². The summed E-state index contributed by atoms with van der Waals surface area (Å²) >= 11 is 5.32. The normalized spacial score (nSPS) is 13.1. The zero-order valence-corrected chi connectivity index (χ0v) is 12.0. The smallest absolute Gasteiger partial charge is 0.0731 e. The second kappa shape index (κ2) is 6.66. The van der Waals surface area contributed by atoms with Gasteiger partial charge >= 0.3 is 0 Å². The molecule has 3 heteroatoms. The minimum atomic E-state index is 0.233. The van der Waals surface area contributed by atoms with Gasteiger partial charge in [0.2, 0.25) is 0 Å². The number of aryl methyl sites for hydroxylation is 1. The maximum absolute atomic E-state index is 6.15. The molecule has 0 bridgehead atoms. The van der Waals surface area contributed by atoms with Crippen LogP contribution in [-0.4, -0.2) is 0 Å². The van der Waals surface area contributed by atoms with Crippen LogP contribution < -0.4 is 5.73 Å². The first kappa shape index (κ1) is 13.2. The summed E-state index contributed by atoms with van der Waals surface area (Å²) in [4.78, 5) is 1.32. The van der Waals surface area contributed by atoms with Gasteiger partial charge in [0.05, 0.1) is 3.79 Å². The van der Waals surface area contributed by atoms with Crippen LogP contribution in [0.4, 0.5) is 0 Å². The fraction of sp³-hybridized carbons (Fsp3) is 0.667. The molecule has 0 aliphatic rings. The summed E-state index contributed by atoms with van der Waals surface area (Å²) in [5, 5.41) is 0. The average molecular weight is 290 g/mol. The molecule has 0 amide bonds. The maximum atomic E-state index is 6.15. The van der Waals surface area contributed by atoms with Crippen molar-refractivity contribution in [1.29, 1.82) is 0 Å². The molecule has 1 aromatic rings. The largest absolute Gasteiger partial charge is 0.323 e. The van der Waals surface area contributed by atoms with E-state index in [0.29, 0.717) is 0 Å². The van der Waals surface area contributed by atoms with Gasteiger partial charge in [-0.15, -0.1) is 11.3 Å². The molecule has 1 nitrogen and oxygen atoms in total. The summed E-state index contributed by atoms with van der Waals surface area (Å²) in [5.41, 5.74) is 7.45. The molecule has 0 saturated heterocycles. The number of unbranched alkanes of at least 4 members (excludes halogenated alkanes) is 3. The van der Waals surface area contributed by atoms with Crippen molar-refractivity contribution in [3.05, 3.63) is 20.3 Å². The quantitative estimate of drug-likeness (QED) is 0.749. The Bertz CT molecular complexity index is 276. The molecule has 15 heavy (non-hydrogen) atoms. The van der Waals surface area contributed by atoms with Crippen molar-refractivity contribution >= 4 is 27.3 Å². The topological polar surface area (TPSA) is 26.0 Å². The Morgan fingerprint density at radius 1 is 1.40 bits per heavy atom.